The third kappa shape index (κ3) is 2.96. The summed E-state index contributed by atoms with van der Waals surface area (Å²) in [7, 11) is 0. The van der Waals surface area contributed by atoms with Crippen molar-refractivity contribution in [1.29, 1.82) is 0 Å². The molecule has 0 heterocycles. The fourth-order valence-corrected chi connectivity index (χ4v) is 0.909. The van der Waals surface area contributed by atoms with Gasteiger partial charge in [0.05, 0.1) is 0 Å². The number of amides is 1. The second-order valence-electron chi connectivity index (χ2n) is 2.73. The molecule has 13 heavy (non-hydrogen) atoms. The van der Waals surface area contributed by atoms with Crippen LogP contribution in [0.4, 0.5) is 5.69 Å². The van der Waals surface area contributed by atoms with Gasteiger partial charge in [0, 0.05) is 5.69 Å². The Hall–Kier alpha value is -1.82. The zero-order valence-electron chi connectivity index (χ0n) is 7.37. The molecule has 0 aromatic heterocycles. The Bertz CT molecular complexity index is 335. The maximum atomic E-state index is 11.0. The molecule has 0 aliphatic carbocycles. The van der Waals surface area contributed by atoms with E-state index in [9.17, 15) is 4.79 Å². The molecule has 3 heteroatoms. The highest BCUT2D eigenvalue weighted by Crippen LogP contribution is 2.07. The molecule has 1 N–H and O–H groups in total. The van der Waals surface area contributed by atoms with Gasteiger partial charge in [0.1, 0.15) is 0 Å². The Balaban J connectivity index is 2.60. The van der Waals surface area contributed by atoms with Gasteiger partial charge >= 0.3 is 5.91 Å². The Kier molecular flexibility index (Phi) is 3.04. The SMILES string of the molecule is [C-]#[N+]CC(=O)Nc1ccc(C)cc1. The fourth-order valence-electron chi connectivity index (χ4n) is 0.909. The van der Waals surface area contributed by atoms with Gasteiger partial charge < -0.3 is 10.2 Å². The van der Waals surface area contributed by atoms with Crippen LogP contribution in [0.2, 0.25) is 0 Å². The first-order chi connectivity index (χ1) is 6.22. The lowest BCUT2D eigenvalue weighted by Gasteiger charge is -2.00. The molecular formula is C10H10N2O. The van der Waals surface area contributed by atoms with Crippen LogP contribution in [0.3, 0.4) is 0 Å². The summed E-state index contributed by atoms with van der Waals surface area (Å²) in [6, 6.07) is 7.45. The zero-order valence-corrected chi connectivity index (χ0v) is 7.37. The summed E-state index contributed by atoms with van der Waals surface area (Å²) in [6.07, 6.45) is 0. The number of carbonyl (C=O) groups excluding carboxylic acids is 1. The highest BCUT2D eigenvalue weighted by Gasteiger charge is 2.02. The van der Waals surface area contributed by atoms with E-state index >= 15 is 0 Å². The Morgan fingerprint density at radius 2 is 2.08 bits per heavy atom. The van der Waals surface area contributed by atoms with Crippen molar-refractivity contribution in [3.63, 3.8) is 0 Å². The molecule has 3 nitrogen and oxygen atoms in total. The molecule has 0 aliphatic rings. The van der Waals surface area contributed by atoms with Crippen LogP contribution in [-0.4, -0.2) is 12.5 Å². The van der Waals surface area contributed by atoms with Crippen LogP contribution in [0.1, 0.15) is 5.56 Å². The lowest BCUT2D eigenvalue weighted by molar-refractivity contribution is -0.114. The van der Waals surface area contributed by atoms with Crippen molar-refractivity contribution in [2.45, 2.75) is 6.92 Å². The number of benzene rings is 1. The molecule has 0 fully saturated rings. The molecule has 0 aliphatic heterocycles. The molecule has 1 rings (SSSR count). The molecule has 0 saturated carbocycles. The molecular weight excluding hydrogens is 164 g/mol. The van der Waals surface area contributed by atoms with E-state index in [1.54, 1.807) is 0 Å². The van der Waals surface area contributed by atoms with E-state index in [1.165, 1.54) is 0 Å². The first-order valence-electron chi connectivity index (χ1n) is 3.92. The summed E-state index contributed by atoms with van der Waals surface area (Å²) in [5.74, 6) is -0.265. The number of hydrogen-bond acceptors (Lipinski definition) is 1. The molecule has 66 valence electrons. The summed E-state index contributed by atoms with van der Waals surface area (Å²) in [5, 5.41) is 2.62. The zero-order chi connectivity index (χ0) is 9.68. The monoisotopic (exact) mass is 174 g/mol. The number of rotatable bonds is 2. The number of carbonyl (C=O) groups is 1. The Morgan fingerprint density at radius 3 is 2.62 bits per heavy atom. The highest BCUT2D eigenvalue weighted by atomic mass is 16.1. The first-order valence-corrected chi connectivity index (χ1v) is 3.92. The molecule has 0 radical (unpaired) electrons. The molecule has 0 spiro atoms. The summed E-state index contributed by atoms with van der Waals surface area (Å²) in [4.78, 5) is 14.0. The molecule has 0 atom stereocenters. The summed E-state index contributed by atoms with van der Waals surface area (Å²) in [6.45, 7) is 8.36. The van der Waals surface area contributed by atoms with Crippen LogP contribution in [0.25, 0.3) is 4.85 Å². The van der Waals surface area contributed by atoms with Gasteiger partial charge in [0.2, 0.25) is 0 Å². The van der Waals surface area contributed by atoms with Crippen LogP contribution < -0.4 is 5.32 Å². The van der Waals surface area contributed by atoms with Gasteiger partial charge in [-0.1, -0.05) is 17.7 Å². The maximum absolute atomic E-state index is 11.0. The molecule has 1 amide bonds. The van der Waals surface area contributed by atoms with Gasteiger partial charge in [0.25, 0.3) is 6.54 Å². The van der Waals surface area contributed by atoms with Crippen molar-refractivity contribution in [3.8, 4) is 0 Å². The summed E-state index contributed by atoms with van der Waals surface area (Å²) in [5.41, 5.74) is 1.88. The summed E-state index contributed by atoms with van der Waals surface area (Å²) >= 11 is 0. The van der Waals surface area contributed by atoms with E-state index in [0.717, 1.165) is 11.3 Å². The first kappa shape index (κ1) is 9.27. The normalized spacial score (nSPS) is 8.92. The third-order valence-corrected chi connectivity index (χ3v) is 1.56. The van der Waals surface area contributed by atoms with E-state index < -0.39 is 0 Å². The molecule has 1 aromatic carbocycles. The van der Waals surface area contributed by atoms with Crippen molar-refractivity contribution in [2.24, 2.45) is 0 Å². The summed E-state index contributed by atoms with van der Waals surface area (Å²) < 4.78 is 0. The average Bonchev–Trinajstić information content (AvgIpc) is 2.09. The van der Waals surface area contributed by atoms with E-state index in [-0.39, 0.29) is 12.5 Å². The standard InChI is InChI=1S/C10H10N2O/c1-8-3-5-9(6-4-8)12-10(13)7-11-2/h3-6H,7H2,1H3,(H,12,13). The number of hydrogen-bond donors (Lipinski definition) is 1. The molecule has 0 saturated heterocycles. The lowest BCUT2D eigenvalue weighted by Crippen LogP contribution is -2.13. The second-order valence-corrected chi connectivity index (χ2v) is 2.73. The quantitative estimate of drug-likeness (QED) is 0.682. The predicted octanol–water partition coefficient (Wildman–Crippen LogP) is 1.85. The second kappa shape index (κ2) is 4.27. The largest absolute Gasteiger partial charge is 0.320 e. The number of anilines is 1. The topological polar surface area (TPSA) is 33.5 Å². The van der Waals surface area contributed by atoms with Gasteiger partial charge in [0.15, 0.2) is 0 Å². The predicted molar refractivity (Wildman–Crippen MR) is 51.3 cm³/mol. The van der Waals surface area contributed by atoms with Crippen molar-refractivity contribution in [1.82, 2.24) is 0 Å². The van der Waals surface area contributed by atoms with E-state index in [1.807, 2.05) is 31.2 Å². The molecule has 0 bridgehead atoms. The molecule has 0 unspecified atom stereocenters. The van der Waals surface area contributed by atoms with Crippen LogP contribution >= 0.6 is 0 Å². The van der Waals surface area contributed by atoms with Crippen molar-refractivity contribution < 1.29 is 4.79 Å². The van der Waals surface area contributed by atoms with E-state index in [2.05, 4.69) is 10.2 Å². The van der Waals surface area contributed by atoms with Crippen LogP contribution in [0.5, 0.6) is 0 Å². The number of nitrogens with one attached hydrogen (secondary N) is 1. The average molecular weight is 174 g/mol. The maximum Gasteiger partial charge on any atom is 0.304 e. The van der Waals surface area contributed by atoms with Gasteiger partial charge in [-0.3, -0.25) is 4.79 Å². The van der Waals surface area contributed by atoms with Crippen molar-refractivity contribution >= 4 is 11.6 Å². The number of aryl methyl sites for hydroxylation is 1. The van der Waals surface area contributed by atoms with E-state index in [0.29, 0.717) is 0 Å². The Morgan fingerprint density at radius 1 is 1.46 bits per heavy atom. The van der Waals surface area contributed by atoms with Gasteiger partial charge in [-0.25, -0.2) is 6.57 Å². The fraction of sp³-hybridized carbons (Fsp3) is 0.200. The van der Waals surface area contributed by atoms with Gasteiger partial charge in [-0.05, 0) is 19.1 Å². The van der Waals surface area contributed by atoms with Gasteiger partial charge in [-0.2, -0.15) is 0 Å². The van der Waals surface area contributed by atoms with Gasteiger partial charge in [-0.15, -0.1) is 0 Å². The van der Waals surface area contributed by atoms with Crippen LogP contribution in [0.15, 0.2) is 24.3 Å². The van der Waals surface area contributed by atoms with Crippen LogP contribution in [-0.2, 0) is 4.79 Å². The third-order valence-electron chi connectivity index (χ3n) is 1.56. The minimum absolute atomic E-state index is 0.117. The smallest absolute Gasteiger partial charge is 0.304 e. The van der Waals surface area contributed by atoms with Crippen molar-refractivity contribution in [3.05, 3.63) is 41.2 Å². The molecule has 1 aromatic rings. The van der Waals surface area contributed by atoms with Crippen molar-refractivity contribution in [2.75, 3.05) is 11.9 Å². The minimum atomic E-state index is -0.265. The minimum Gasteiger partial charge on any atom is -0.320 e. The van der Waals surface area contributed by atoms with Crippen LogP contribution in [0, 0.1) is 13.5 Å². The number of nitrogens with zero attached hydrogens (tertiary/aromatic N) is 1. The Labute approximate surface area is 77.2 Å². The van der Waals surface area contributed by atoms with E-state index in [4.69, 9.17) is 6.57 Å². The lowest BCUT2D eigenvalue weighted by atomic mass is 10.2. The highest BCUT2D eigenvalue weighted by molar-refractivity contribution is 5.93.